The highest BCUT2D eigenvalue weighted by Gasteiger charge is 2.30. The van der Waals surface area contributed by atoms with Gasteiger partial charge in [0.05, 0.1) is 17.4 Å². The van der Waals surface area contributed by atoms with Crippen LogP contribution in [0.3, 0.4) is 0 Å². The fourth-order valence-corrected chi connectivity index (χ4v) is 5.41. The van der Waals surface area contributed by atoms with Crippen LogP contribution >= 0.6 is 0 Å². The molecule has 5 aromatic rings. The molecule has 6 rings (SSSR count). The van der Waals surface area contributed by atoms with Crippen LogP contribution < -0.4 is 15.5 Å². The standard InChI is InChI=1S/C30H27FN4O3/c1-3-7-19(8-4-2)33-30(37)22-16-35-25-20-10-6-5-9-18(20)11-12-24(25)38-29-26(35)21(28(22)36)15-23(31)27(29)34-14-13-32-17-34/h5-6,9-17,19H,3-4,7-8H2,1-2H3,(H,33,37). The molecule has 0 aliphatic carbocycles. The molecule has 0 saturated carbocycles. The van der Waals surface area contributed by atoms with E-state index in [-0.39, 0.29) is 28.4 Å². The number of benzene rings is 3. The number of aromatic nitrogens is 3. The lowest BCUT2D eigenvalue weighted by molar-refractivity contribution is 0.0931. The number of fused-ring (bicyclic) bond motifs is 4. The van der Waals surface area contributed by atoms with E-state index in [1.165, 1.54) is 17.0 Å². The summed E-state index contributed by atoms with van der Waals surface area (Å²) in [7, 11) is 0. The van der Waals surface area contributed by atoms with E-state index < -0.39 is 17.2 Å². The zero-order valence-corrected chi connectivity index (χ0v) is 21.2. The lowest BCUT2D eigenvalue weighted by atomic mass is 10.0. The molecule has 3 aromatic carbocycles. The van der Waals surface area contributed by atoms with Crippen LogP contribution in [0.1, 0.15) is 49.9 Å². The Labute approximate surface area is 218 Å². The Hall–Kier alpha value is -4.46. The highest BCUT2D eigenvalue weighted by Crippen LogP contribution is 2.46. The quantitative estimate of drug-likeness (QED) is 0.274. The van der Waals surface area contributed by atoms with Gasteiger partial charge in [0.15, 0.2) is 17.3 Å². The largest absolute Gasteiger partial charge is 0.451 e. The molecule has 1 N–H and O–H groups in total. The second kappa shape index (κ2) is 9.45. The number of nitrogens with one attached hydrogen (secondary N) is 1. The number of amides is 1. The van der Waals surface area contributed by atoms with Crippen molar-refractivity contribution < 1.29 is 13.9 Å². The third-order valence-electron chi connectivity index (χ3n) is 7.10. The van der Waals surface area contributed by atoms with Crippen LogP contribution in [0.15, 0.2) is 72.2 Å². The molecule has 0 fully saturated rings. The summed E-state index contributed by atoms with van der Waals surface area (Å²) in [5, 5.41) is 4.98. The minimum absolute atomic E-state index is 0.0313. The molecule has 0 saturated heterocycles. The van der Waals surface area contributed by atoms with Crippen LogP contribution in [0.25, 0.3) is 33.1 Å². The summed E-state index contributed by atoms with van der Waals surface area (Å²) in [5.41, 5.74) is 0.669. The summed E-state index contributed by atoms with van der Waals surface area (Å²) in [5.74, 6) is -0.416. The summed E-state index contributed by atoms with van der Waals surface area (Å²) in [4.78, 5) is 31.3. The van der Waals surface area contributed by atoms with Crippen LogP contribution in [0.4, 0.5) is 4.39 Å². The molecule has 0 bridgehead atoms. The molecular formula is C30H27FN4O3. The van der Waals surface area contributed by atoms with Gasteiger partial charge in [-0.1, -0.05) is 57.0 Å². The van der Waals surface area contributed by atoms with Gasteiger partial charge < -0.3 is 19.2 Å². The molecule has 3 heterocycles. The van der Waals surface area contributed by atoms with Crippen molar-refractivity contribution in [3.8, 4) is 22.9 Å². The normalized spacial score (nSPS) is 12.1. The van der Waals surface area contributed by atoms with Crippen LogP contribution in [0.5, 0.6) is 11.5 Å². The first-order chi connectivity index (χ1) is 18.5. The van der Waals surface area contributed by atoms with Gasteiger partial charge in [-0.05, 0) is 30.4 Å². The topological polar surface area (TPSA) is 78.2 Å². The van der Waals surface area contributed by atoms with Crippen LogP contribution in [0.2, 0.25) is 0 Å². The molecule has 1 amide bonds. The van der Waals surface area contributed by atoms with Crippen LogP contribution in [-0.2, 0) is 0 Å². The molecule has 2 aromatic heterocycles. The Balaban J connectivity index is 1.66. The second-order valence-electron chi connectivity index (χ2n) is 9.63. The first-order valence-electron chi connectivity index (χ1n) is 12.9. The van der Waals surface area contributed by atoms with E-state index >= 15 is 4.39 Å². The first kappa shape index (κ1) is 23.9. The summed E-state index contributed by atoms with van der Waals surface area (Å²) in [6.07, 6.45) is 9.67. The molecule has 0 unspecified atom stereocenters. The SMILES string of the molecule is CCCC(CCC)NC(=O)c1cn2c3c(c(-n4ccnc4)c(F)cc3c1=O)Oc1ccc3ccccc3c1-2. The lowest BCUT2D eigenvalue weighted by Crippen LogP contribution is -2.37. The summed E-state index contributed by atoms with van der Waals surface area (Å²) < 4.78 is 25.3. The van der Waals surface area contributed by atoms with Crippen LogP contribution in [0, 0.1) is 5.82 Å². The Kier molecular flexibility index (Phi) is 5.94. The monoisotopic (exact) mass is 510 g/mol. The number of halogens is 1. The molecule has 0 radical (unpaired) electrons. The molecule has 0 atom stereocenters. The van der Waals surface area contributed by atoms with Gasteiger partial charge in [0.2, 0.25) is 5.43 Å². The van der Waals surface area contributed by atoms with E-state index in [0.29, 0.717) is 17.0 Å². The number of carbonyl (C=O) groups is 1. The maximum atomic E-state index is 15.7. The maximum Gasteiger partial charge on any atom is 0.257 e. The van der Waals surface area contributed by atoms with Crippen molar-refractivity contribution >= 4 is 27.6 Å². The van der Waals surface area contributed by atoms with Gasteiger partial charge in [-0.2, -0.15) is 0 Å². The number of hydrogen-bond acceptors (Lipinski definition) is 4. The van der Waals surface area contributed by atoms with E-state index in [2.05, 4.69) is 24.1 Å². The van der Waals surface area contributed by atoms with Gasteiger partial charge in [-0.15, -0.1) is 0 Å². The van der Waals surface area contributed by atoms with Gasteiger partial charge in [-0.25, -0.2) is 9.37 Å². The van der Waals surface area contributed by atoms with Crippen molar-refractivity contribution in [3.05, 3.63) is 89.0 Å². The van der Waals surface area contributed by atoms with Gasteiger partial charge in [0.1, 0.15) is 16.8 Å². The zero-order chi connectivity index (χ0) is 26.4. The first-order valence-corrected chi connectivity index (χ1v) is 12.9. The number of pyridine rings is 1. The average molecular weight is 511 g/mol. The highest BCUT2D eigenvalue weighted by molar-refractivity contribution is 6.03. The molecule has 0 spiro atoms. The smallest absolute Gasteiger partial charge is 0.257 e. The second-order valence-corrected chi connectivity index (χ2v) is 9.63. The van der Waals surface area contributed by atoms with E-state index in [4.69, 9.17) is 4.74 Å². The van der Waals surface area contributed by atoms with Crippen LogP contribution in [-0.4, -0.2) is 26.1 Å². The van der Waals surface area contributed by atoms with Crippen molar-refractivity contribution in [2.24, 2.45) is 0 Å². The molecule has 7 nitrogen and oxygen atoms in total. The van der Waals surface area contributed by atoms with Crippen molar-refractivity contribution in [3.63, 3.8) is 0 Å². The van der Waals surface area contributed by atoms with Gasteiger partial charge >= 0.3 is 0 Å². The Morgan fingerprint density at radius 2 is 1.87 bits per heavy atom. The number of nitrogens with zero attached hydrogens (tertiary/aromatic N) is 3. The number of ether oxygens (including phenoxy) is 1. The predicted molar refractivity (Wildman–Crippen MR) is 145 cm³/mol. The average Bonchev–Trinajstić information content (AvgIpc) is 3.44. The minimum atomic E-state index is -0.647. The maximum absolute atomic E-state index is 15.7. The summed E-state index contributed by atoms with van der Waals surface area (Å²) >= 11 is 0. The van der Waals surface area contributed by atoms with Crippen molar-refractivity contribution in [2.75, 3.05) is 0 Å². The number of rotatable bonds is 7. The molecule has 1 aliphatic rings. The third-order valence-corrected chi connectivity index (χ3v) is 7.10. The van der Waals surface area contributed by atoms with E-state index in [1.807, 2.05) is 36.4 Å². The Morgan fingerprint density at radius 1 is 1.08 bits per heavy atom. The van der Waals surface area contributed by atoms with Gasteiger partial charge in [-0.3, -0.25) is 9.59 Å². The van der Waals surface area contributed by atoms with Crippen molar-refractivity contribution in [2.45, 2.75) is 45.6 Å². The highest BCUT2D eigenvalue weighted by atomic mass is 19.1. The third kappa shape index (κ3) is 3.75. The fourth-order valence-electron chi connectivity index (χ4n) is 5.41. The summed E-state index contributed by atoms with van der Waals surface area (Å²) in [6.45, 7) is 4.13. The molecule has 1 aliphatic heterocycles. The van der Waals surface area contributed by atoms with Crippen molar-refractivity contribution in [1.29, 1.82) is 0 Å². The Morgan fingerprint density at radius 3 is 2.61 bits per heavy atom. The fraction of sp³-hybridized carbons (Fsp3) is 0.233. The zero-order valence-electron chi connectivity index (χ0n) is 21.2. The molecular weight excluding hydrogens is 483 g/mol. The lowest BCUT2D eigenvalue weighted by Gasteiger charge is -2.27. The van der Waals surface area contributed by atoms with E-state index in [9.17, 15) is 9.59 Å². The Bertz CT molecular complexity index is 1750. The molecule has 192 valence electrons. The number of hydrogen-bond donors (Lipinski definition) is 1. The minimum Gasteiger partial charge on any atom is -0.451 e. The predicted octanol–water partition coefficient (Wildman–Crippen LogP) is 6.27. The van der Waals surface area contributed by atoms with Gasteiger partial charge in [0.25, 0.3) is 5.91 Å². The van der Waals surface area contributed by atoms with E-state index in [1.54, 1.807) is 23.2 Å². The summed E-state index contributed by atoms with van der Waals surface area (Å²) in [6, 6.07) is 12.7. The molecule has 8 heteroatoms. The number of imidazole rings is 1. The van der Waals surface area contributed by atoms with Crippen molar-refractivity contribution in [1.82, 2.24) is 19.4 Å². The van der Waals surface area contributed by atoms with Gasteiger partial charge in [0, 0.05) is 30.0 Å². The molecule has 38 heavy (non-hydrogen) atoms. The van der Waals surface area contributed by atoms with E-state index in [0.717, 1.165) is 36.5 Å². The number of carbonyl (C=O) groups excluding carboxylic acids is 1.